The second-order valence-corrected chi connectivity index (χ2v) is 5.09. The summed E-state index contributed by atoms with van der Waals surface area (Å²) in [7, 11) is 0. The number of aryl methyl sites for hydroxylation is 1. The molecule has 1 radical (unpaired) electrons. The van der Waals surface area contributed by atoms with Crippen LogP contribution in [-0.2, 0) is 32.7 Å². The summed E-state index contributed by atoms with van der Waals surface area (Å²) in [5.41, 5.74) is 2.42. The summed E-state index contributed by atoms with van der Waals surface area (Å²) in [6, 6.07) is 17.6. The minimum atomic E-state index is 0. The molecule has 1 heteroatoms. The van der Waals surface area contributed by atoms with E-state index in [0.717, 1.165) is 5.56 Å². The fraction of sp³-hybridized carbons (Fsp3) is 0.0556. The second-order valence-electron chi connectivity index (χ2n) is 5.09. The molecule has 4 rings (SSSR count). The van der Waals surface area contributed by atoms with E-state index in [1.54, 1.807) is 0 Å². The van der Waals surface area contributed by atoms with Crippen LogP contribution in [0.4, 0.5) is 0 Å². The van der Waals surface area contributed by atoms with Crippen molar-refractivity contribution in [2.24, 2.45) is 0 Å². The molecule has 0 N–H and O–H groups in total. The maximum absolute atomic E-state index is 4.14. The van der Waals surface area contributed by atoms with Crippen LogP contribution >= 0.6 is 0 Å². The van der Waals surface area contributed by atoms with Gasteiger partial charge in [-0.2, -0.15) is 18.6 Å². The number of benzene rings is 4. The van der Waals surface area contributed by atoms with E-state index in [-0.39, 0.29) is 32.7 Å². The molecule has 4 aromatic carbocycles. The average Bonchev–Trinajstić information content (AvgIpc) is 2.37. The molecule has 0 saturated carbocycles. The van der Waals surface area contributed by atoms with Gasteiger partial charge in [0.15, 0.2) is 0 Å². The molecular weight excluding hydrogens is 305 g/mol. The largest absolute Gasteiger partial charge is 0.198 e. The van der Waals surface area contributed by atoms with Crippen LogP contribution in [0.2, 0.25) is 0 Å². The van der Waals surface area contributed by atoms with E-state index in [9.17, 15) is 0 Å². The van der Waals surface area contributed by atoms with Gasteiger partial charge < -0.3 is 0 Å². The summed E-state index contributed by atoms with van der Waals surface area (Å²) in [5.74, 6) is 0. The first-order chi connectivity index (χ1) is 8.74. The normalized spacial score (nSPS) is 11.2. The molecule has 0 spiro atoms. The quantitative estimate of drug-likeness (QED) is 0.314. The number of hydrogen-bond acceptors (Lipinski definition) is 0. The van der Waals surface area contributed by atoms with Gasteiger partial charge in [-0.25, -0.2) is 0 Å². The molecule has 0 heterocycles. The van der Waals surface area contributed by atoms with E-state index in [1.165, 1.54) is 37.9 Å². The minimum Gasteiger partial charge on any atom is -0.198 e. The summed E-state index contributed by atoms with van der Waals surface area (Å²) in [6.45, 7) is 6.30. The van der Waals surface area contributed by atoms with Crippen molar-refractivity contribution in [1.29, 1.82) is 0 Å². The predicted octanol–water partition coefficient (Wildman–Crippen LogP) is 5.07. The van der Waals surface area contributed by atoms with Crippen LogP contribution in [0.3, 0.4) is 0 Å². The smallest absolute Gasteiger partial charge is 0 e. The third-order valence-electron chi connectivity index (χ3n) is 3.83. The standard InChI is InChI=1S/C18H13.Y/c1-11-9-14-6-5-13-4-3-12(2)16-8-7-15(10-11)17(14)18(13)16;/h3-10H,2H2,1H3;/q-1;. The van der Waals surface area contributed by atoms with E-state index in [1.807, 2.05) is 0 Å². The Morgan fingerprint density at radius 1 is 0.737 bits per heavy atom. The Hall–Kier alpha value is -1.11. The van der Waals surface area contributed by atoms with Gasteiger partial charge in [-0.1, -0.05) is 35.7 Å². The molecule has 19 heavy (non-hydrogen) atoms. The fourth-order valence-corrected chi connectivity index (χ4v) is 3.04. The molecule has 0 aromatic heterocycles. The Balaban J connectivity index is 0.00000110. The van der Waals surface area contributed by atoms with Crippen LogP contribution in [0.15, 0.2) is 48.5 Å². The topological polar surface area (TPSA) is 0 Å². The van der Waals surface area contributed by atoms with E-state index >= 15 is 0 Å². The van der Waals surface area contributed by atoms with Crippen LogP contribution in [0.5, 0.6) is 0 Å². The first-order valence-electron chi connectivity index (χ1n) is 6.24. The molecule has 0 nitrogen and oxygen atoms in total. The Bertz CT molecular complexity index is 871. The zero-order valence-electron chi connectivity index (χ0n) is 10.9. The van der Waals surface area contributed by atoms with Gasteiger partial charge in [0, 0.05) is 32.7 Å². The van der Waals surface area contributed by atoms with Gasteiger partial charge in [0.2, 0.25) is 0 Å². The predicted molar refractivity (Wildman–Crippen MR) is 79.3 cm³/mol. The van der Waals surface area contributed by atoms with E-state index in [0.29, 0.717) is 0 Å². The second kappa shape index (κ2) is 4.47. The maximum Gasteiger partial charge on any atom is 0 e. The average molecular weight is 318 g/mol. The zero-order valence-corrected chi connectivity index (χ0v) is 13.7. The molecule has 4 aromatic rings. The molecule has 0 atom stereocenters. The van der Waals surface area contributed by atoms with Crippen LogP contribution < -0.4 is 0 Å². The van der Waals surface area contributed by atoms with Crippen LogP contribution in [-0.4, -0.2) is 0 Å². The zero-order chi connectivity index (χ0) is 12.3. The Labute approximate surface area is 138 Å². The van der Waals surface area contributed by atoms with Crippen LogP contribution in [0.1, 0.15) is 11.1 Å². The first-order valence-corrected chi connectivity index (χ1v) is 6.24. The van der Waals surface area contributed by atoms with Crippen molar-refractivity contribution < 1.29 is 32.7 Å². The summed E-state index contributed by atoms with van der Waals surface area (Å²) in [6.07, 6.45) is 0. The number of hydrogen-bond donors (Lipinski definition) is 0. The van der Waals surface area contributed by atoms with Crippen molar-refractivity contribution in [2.45, 2.75) is 6.92 Å². The third-order valence-corrected chi connectivity index (χ3v) is 3.83. The molecule has 0 aliphatic heterocycles. The summed E-state index contributed by atoms with van der Waals surface area (Å²) in [5, 5.41) is 7.97. The van der Waals surface area contributed by atoms with Crippen molar-refractivity contribution in [3.63, 3.8) is 0 Å². The van der Waals surface area contributed by atoms with Crippen molar-refractivity contribution >= 4 is 32.3 Å². The summed E-state index contributed by atoms with van der Waals surface area (Å²) >= 11 is 0. The third kappa shape index (κ3) is 1.78. The van der Waals surface area contributed by atoms with E-state index < -0.39 is 0 Å². The molecule has 0 bridgehead atoms. The molecule has 0 unspecified atom stereocenters. The summed E-state index contributed by atoms with van der Waals surface area (Å²) < 4.78 is 0. The molecule has 0 fully saturated rings. The molecule has 0 aliphatic carbocycles. The molecular formula is C18H13Y-. The Morgan fingerprint density at radius 3 is 2.05 bits per heavy atom. The minimum absolute atomic E-state index is 0. The first kappa shape index (κ1) is 12.9. The van der Waals surface area contributed by atoms with Crippen LogP contribution in [0.25, 0.3) is 32.3 Å². The van der Waals surface area contributed by atoms with Gasteiger partial charge in [-0.3, -0.25) is 0 Å². The number of rotatable bonds is 0. The van der Waals surface area contributed by atoms with E-state index in [4.69, 9.17) is 0 Å². The van der Waals surface area contributed by atoms with Crippen LogP contribution in [0, 0.1) is 13.8 Å². The molecule has 89 valence electrons. The van der Waals surface area contributed by atoms with Crippen molar-refractivity contribution in [3.8, 4) is 0 Å². The SMILES string of the molecule is [CH2-]c1ccc2ccc3cc(C)cc4ccc1c2c34.[Y]. The van der Waals surface area contributed by atoms with Crippen molar-refractivity contribution in [3.05, 3.63) is 66.6 Å². The Morgan fingerprint density at radius 2 is 1.32 bits per heavy atom. The molecule has 0 aliphatic rings. The Kier molecular flexibility index (Phi) is 3.04. The fourth-order valence-electron chi connectivity index (χ4n) is 3.04. The molecule has 0 amide bonds. The van der Waals surface area contributed by atoms with E-state index in [2.05, 4.69) is 62.4 Å². The molecule has 0 saturated heterocycles. The van der Waals surface area contributed by atoms with Gasteiger partial charge in [0.25, 0.3) is 0 Å². The van der Waals surface area contributed by atoms with Gasteiger partial charge >= 0.3 is 0 Å². The van der Waals surface area contributed by atoms with Gasteiger partial charge in [-0.15, -0.1) is 17.5 Å². The summed E-state index contributed by atoms with van der Waals surface area (Å²) in [4.78, 5) is 0. The monoisotopic (exact) mass is 318 g/mol. The van der Waals surface area contributed by atoms with Gasteiger partial charge in [0.1, 0.15) is 0 Å². The van der Waals surface area contributed by atoms with Crippen molar-refractivity contribution in [2.75, 3.05) is 0 Å². The van der Waals surface area contributed by atoms with Crippen molar-refractivity contribution in [1.82, 2.24) is 0 Å². The maximum atomic E-state index is 4.14. The van der Waals surface area contributed by atoms with Gasteiger partial charge in [0.05, 0.1) is 0 Å². The van der Waals surface area contributed by atoms with Gasteiger partial charge in [-0.05, 0) is 34.0 Å².